The fourth-order valence-electron chi connectivity index (χ4n) is 2.38. The molecule has 0 N–H and O–H groups in total. The molecule has 2 heterocycles. The highest BCUT2D eigenvalue weighted by molar-refractivity contribution is 6.28. The Hall–Kier alpha value is -1.14. The van der Waals surface area contributed by atoms with Crippen molar-refractivity contribution in [1.29, 1.82) is 0 Å². The Morgan fingerprint density at radius 3 is 2.53 bits per heavy atom. The van der Waals surface area contributed by atoms with E-state index in [9.17, 15) is 0 Å². The van der Waals surface area contributed by atoms with E-state index >= 15 is 0 Å². The van der Waals surface area contributed by atoms with Crippen LogP contribution < -0.4 is 9.64 Å². The van der Waals surface area contributed by atoms with Gasteiger partial charge < -0.3 is 9.64 Å². The second kappa shape index (κ2) is 5.46. The maximum atomic E-state index is 5.91. The van der Waals surface area contributed by atoms with Crippen LogP contribution in [0.4, 0.5) is 5.95 Å². The van der Waals surface area contributed by atoms with Crippen LogP contribution in [-0.4, -0.2) is 58.7 Å². The van der Waals surface area contributed by atoms with Crippen molar-refractivity contribution in [3.05, 3.63) is 5.28 Å². The van der Waals surface area contributed by atoms with E-state index < -0.39 is 0 Å². The molecule has 0 unspecified atom stereocenters. The van der Waals surface area contributed by atoms with Gasteiger partial charge in [-0.05, 0) is 31.4 Å². The third-order valence-electron chi connectivity index (χ3n) is 3.51. The largest absolute Gasteiger partial charge is 0.464 e. The third kappa shape index (κ3) is 3.06. The summed E-state index contributed by atoms with van der Waals surface area (Å²) in [6.07, 6.45) is 2.71. The highest BCUT2D eigenvalue weighted by Crippen LogP contribution is 2.28. The number of nitrogens with zero attached hydrogens (tertiary/aromatic N) is 5. The number of hydrogen-bond acceptors (Lipinski definition) is 6. The van der Waals surface area contributed by atoms with Crippen LogP contribution in [0, 0.1) is 0 Å². The van der Waals surface area contributed by atoms with Crippen molar-refractivity contribution in [1.82, 2.24) is 19.9 Å². The van der Waals surface area contributed by atoms with E-state index in [0.717, 1.165) is 32.2 Å². The molecule has 0 radical (unpaired) electrons. The van der Waals surface area contributed by atoms with Crippen molar-refractivity contribution in [2.24, 2.45) is 0 Å². The van der Waals surface area contributed by atoms with Gasteiger partial charge in [-0.2, -0.15) is 15.0 Å². The molecule has 0 spiro atoms. The molecule has 104 valence electrons. The lowest BCUT2D eigenvalue weighted by molar-refractivity contribution is 0.246. The van der Waals surface area contributed by atoms with Crippen LogP contribution in [0.5, 0.6) is 6.01 Å². The van der Waals surface area contributed by atoms with E-state index in [1.807, 2.05) is 6.92 Å². The topological polar surface area (TPSA) is 54.4 Å². The van der Waals surface area contributed by atoms with E-state index in [4.69, 9.17) is 16.3 Å². The lowest BCUT2D eigenvalue weighted by Crippen LogP contribution is -2.47. The molecule has 0 aromatic carbocycles. The molecule has 0 atom stereocenters. The molecule has 0 bridgehead atoms. The Morgan fingerprint density at radius 2 is 1.89 bits per heavy atom. The number of anilines is 1. The van der Waals surface area contributed by atoms with E-state index in [0.29, 0.717) is 18.6 Å². The molecule has 1 saturated heterocycles. The van der Waals surface area contributed by atoms with Gasteiger partial charge in [-0.15, -0.1) is 0 Å². The Morgan fingerprint density at radius 1 is 1.16 bits per heavy atom. The zero-order chi connectivity index (χ0) is 13.2. The lowest BCUT2D eigenvalue weighted by atomic mass is 10.3. The highest BCUT2D eigenvalue weighted by atomic mass is 35.5. The lowest BCUT2D eigenvalue weighted by Gasteiger charge is -2.34. The molecule has 1 aromatic heterocycles. The summed E-state index contributed by atoms with van der Waals surface area (Å²) in [6, 6.07) is 1.13. The molecule has 19 heavy (non-hydrogen) atoms. The standard InChI is InChI=1S/C12H18ClN5O/c1-2-19-12-15-10(13)14-11(16-12)18-7-5-17(6-8-18)9-3-4-9/h9H,2-8H2,1H3. The first-order chi connectivity index (χ1) is 9.26. The summed E-state index contributed by atoms with van der Waals surface area (Å²) in [7, 11) is 0. The van der Waals surface area contributed by atoms with Crippen molar-refractivity contribution < 1.29 is 4.74 Å². The first-order valence-corrected chi connectivity index (χ1v) is 7.17. The van der Waals surface area contributed by atoms with Crippen LogP contribution >= 0.6 is 11.6 Å². The van der Waals surface area contributed by atoms with E-state index in [1.54, 1.807) is 0 Å². The predicted octanol–water partition coefficient (Wildman–Crippen LogP) is 1.21. The van der Waals surface area contributed by atoms with Gasteiger partial charge in [0.2, 0.25) is 11.2 Å². The normalized spacial score (nSPS) is 20.6. The summed E-state index contributed by atoms with van der Waals surface area (Å²) in [5.74, 6) is 0.624. The minimum Gasteiger partial charge on any atom is -0.464 e. The monoisotopic (exact) mass is 283 g/mol. The van der Waals surface area contributed by atoms with Gasteiger partial charge >= 0.3 is 6.01 Å². The van der Waals surface area contributed by atoms with Gasteiger partial charge in [0.15, 0.2) is 0 Å². The molecule has 1 aliphatic carbocycles. The molecule has 2 aliphatic rings. The van der Waals surface area contributed by atoms with Crippen molar-refractivity contribution in [2.75, 3.05) is 37.7 Å². The Labute approximate surface area is 117 Å². The molecule has 1 aromatic rings. The molecule has 1 saturated carbocycles. The predicted molar refractivity (Wildman–Crippen MR) is 72.8 cm³/mol. The molecule has 7 heteroatoms. The van der Waals surface area contributed by atoms with Gasteiger partial charge in [0.05, 0.1) is 6.61 Å². The first-order valence-electron chi connectivity index (χ1n) is 6.79. The van der Waals surface area contributed by atoms with Crippen molar-refractivity contribution in [2.45, 2.75) is 25.8 Å². The highest BCUT2D eigenvalue weighted by Gasteiger charge is 2.31. The average molecular weight is 284 g/mol. The molecular weight excluding hydrogens is 266 g/mol. The van der Waals surface area contributed by atoms with Crippen molar-refractivity contribution in [3.63, 3.8) is 0 Å². The molecule has 2 fully saturated rings. The van der Waals surface area contributed by atoms with E-state index in [1.165, 1.54) is 12.8 Å². The summed E-state index contributed by atoms with van der Waals surface area (Å²) in [6.45, 7) is 6.42. The van der Waals surface area contributed by atoms with E-state index in [-0.39, 0.29) is 5.28 Å². The molecule has 1 aliphatic heterocycles. The van der Waals surface area contributed by atoms with E-state index in [2.05, 4.69) is 24.8 Å². The van der Waals surface area contributed by atoms with Gasteiger partial charge in [0.25, 0.3) is 0 Å². The fraction of sp³-hybridized carbons (Fsp3) is 0.750. The van der Waals surface area contributed by atoms with Gasteiger partial charge in [-0.1, -0.05) is 0 Å². The number of halogens is 1. The zero-order valence-corrected chi connectivity index (χ0v) is 11.8. The van der Waals surface area contributed by atoms with Crippen LogP contribution in [0.3, 0.4) is 0 Å². The Kier molecular flexibility index (Phi) is 3.70. The Balaban J connectivity index is 1.68. The quantitative estimate of drug-likeness (QED) is 0.828. The molecule has 3 rings (SSSR count). The number of piperazine rings is 1. The van der Waals surface area contributed by atoms with Crippen LogP contribution in [0.1, 0.15) is 19.8 Å². The second-order valence-electron chi connectivity index (χ2n) is 4.87. The summed E-state index contributed by atoms with van der Waals surface area (Å²) in [5.41, 5.74) is 0. The van der Waals surface area contributed by atoms with Crippen LogP contribution in [-0.2, 0) is 0 Å². The third-order valence-corrected chi connectivity index (χ3v) is 3.68. The van der Waals surface area contributed by atoms with Gasteiger partial charge in [0.1, 0.15) is 0 Å². The summed E-state index contributed by atoms with van der Waals surface area (Å²) in [5, 5.41) is 0.193. The minimum absolute atomic E-state index is 0.193. The van der Waals surface area contributed by atoms with Crippen molar-refractivity contribution in [3.8, 4) is 6.01 Å². The Bertz CT molecular complexity index is 446. The van der Waals surface area contributed by atoms with Gasteiger partial charge in [-0.25, -0.2) is 0 Å². The molecule has 6 nitrogen and oxygen atoms in total. The van der Waals surface area contributed by atoms with Gasteiger partial charge in [-0.3, -0.25) is 4.90 Å². The van der Waals surface area contributed by atoms with Crippen LogP contribution in [0.15, 0.2) is 0 Å². The zero-order valence-electron chi connectivity index (χ0n) is 11.0. The van der Waals surface area contributed by atoms with Crippen LogP contribution in [0.25, 0.3) is 0 Å². The minimum atomic E-state index is 0.193. The molecule has 0 amide bonds. The fourth-order valence-corrected chi connectivity index (χ4v) is 2.53. The maximum Gasteiger partial charge on any atom is 0.322 e. The number of hydrogen-bond donors (Lipinski definition) is 0. The SMILES string of the molecule is CCOc1nc(Cl)nc(N2CCN(C3CC3)CC2)n1. The summed E-state index contributed by atoms with van der Waals surface area (Å²) < 4.78 is 5.30. The maximum absolute atomic E-state index is 5.91. The summed E-state index contributed by atoms with van der Waals surface area (Å²) >= 11 is 5.91. The van der Waals surface area contributed by atoms with Crippen LogP contribution in [0.2, 0.25) is 5.28 Å². The average Bonchev–Trinajstić information content (AvgIpc) is 3.23. The smallest absolute Gasteiger partial charge is 0.322 e. The van der Waals surface area contributed by atoms with Gasteiger partial charge in [0, 0.05) is 32.2 Å². The number of aromatic nitrogens is 3. The number of ether oxygens (including phenoxy) is 1. The second-order valence-corrected chi connectivity index (χ2v) is 5.21. The van der Waals surface area contributed by atoms with Crippen molar-refractivity contribution >= 4 is 17.5 Å². The summed E-state index contributed by atoms with van der Waals surface area (Å²) in [4.78, 5) is 17.2. The first kappa shape index (κ1) is 12.9. The number of rotatable bonds is 4. The molecular formula is C12H18ClN5O.